The van der Waals surface area contributed by atoms with Gasteiger partial charge < -0.3 is 0 Å². The molecule has 4 heteroatoms. The van der Waals surface area contributed by atoms with Crippen molar-refractivity contribution in [2.75, 3.05) is 5.75 Å². The molecular weight excluding hydrogens is 308 g/mol. The van der Waals surface area contributed by atoms with Crippen molar-refractivity contribution >= 4 is 10.1 Å². The molecule has 0 saturated heterocycles. The summed E-state index contributed by atoms with van der Waals surface area (Å²) in [6.45, 7) is 4.24. The summed E-state index contributed by atoms with van der Waals surface area (Å²) < 4.78 is 31.7. The van der Waals surface area contributed by atoms with Gasteiger partial charge in [-0.3, -0.25) is 4.55 Å². The van der Waals surface area contributed by atoms with E-state index in [0.717, 1.165) is 30.4 Å². The van der Waals surface area contributed by atoms with E-state index in [1.54, 1.807) is 0 Å². The van der Waals surface area contributed by atoms with Gasteiger partial charge in [-0.05, 0) is 18.9 Å². The van der Waals surface area contributed by atoms with Gasteiger partial charge in [-0.25, -0.2) is 0 Å². The third kappa shape index (κ3) is 9.77. The fraction of sp³-hybridized carbons (Fsp3) is 0.684. The summed E-state index contributed by atoms with van der Waals surface area (Å²) in [5.41, 5.74) is 2.17. The lowest BCUT2D eigenvalue weighted by Crippen LogP contribution is -2.14. The van der Waals surface area contributed by atoms with Gasteiger partial charge >= 0.3 is 0 Å². The Hall–Kier alpha value is -0.870. The lowest BCUT2D eigenvalue weighted by Gasteiger charge is -2.16. The first-order valence-electron chi connectivity index (χ1n) is 8.94. The Bertz CT molecular complexity index is 520. The van der Waals surface area contributed by atoms with Gasteiger partial charge in [-0.15, -0.1) is 0 Å². The molecule has 0 radical (unpaired) electrons. The van der Waals surface area contributed by atoms with Crippen molar-refractivity contribution in [2.45, 2.75) is 77.6 Å². The predicted molar refractivity (Wildman–Crippen MR) is 97.6 cm³/mol. The van der Waals surface area contributed by atoms with Crippen LogP contribution in [-0.2, 0) is 10.1 Å². The van der Waals surface area contributed by atoms with Gasteiger partial charge in [0.2, 0.25) is 0 Å². The van der Waals surface area contributed by atoms with E-state index in [2.05, 4.69) is 6.92 Å². The number of benzene rings is 1. The van der Waals surface area contributed by atoms with Crippen LogP contribution in [0.1, 0.15) is 81.8 Å². The van der Waals surface area contributed by atoms with E-state index in [9.17, 15) is 13.0 Å². The monoisotopic (exact) mass is 340 g/mol. The van der Waals surface area contributed by atoms with Crippen LogP contribution in [0.15, 0.2) is 24.3 Å². The zero-order valence-corrected chi connectivity index (χ0v) is 15.4. The highest BCUT2D eigenvalue weighted by Crippen LogP contribution is 2.25. The maximum atomic E-state index is 11.3. The maximum absolute atomic E-state index is 11.3. The first-order chi connectivity index (χ1) is 10.9. The minimum Gasteiger partial charge on any atom is -0.286 e. The van der Waals surface area contributed by atoms with Crippen LogP contribution >= 0.6 is 0 Å². The molecule has 0 fully saturated rings. The second-order valence-corrected chi connectivity index (χ2v) is 8.12. The standard InChI is InChI=1S/C19H32O3S/c1-3-4-5-6-7-8-9-10-11-19(16-23(20,21)22)18-14-12-17(2)13-15-18/h12-15,19H,3-11,16H2,1-2H3,(H,20,21,22). The van der Waals surface area contributed by atoms with E-state index >= 15 is 0 Å². The minimum absolute atomic E-state index is 0.106. The Morgan fingerprint density at radius 1 is 0.913 bits per heavy atom. The van der Waals surface area contributed by atoms with Crippen molar-refractivity contribution < 1.29 is 13.0 Å². The number of hydrogen-bond donors (Lipinski definition) is 1. The van der Waals surface area contributed by atoms with Crippen LogP contribution in [-0.4, -0.2) is 18.7 Å². The predicted octanol–water partition coefficient (Wildman–Crippen LogP) is 5.50. The summed E-state index contributed by atoms with van der Waals surface area (Å²) in [4.78, 5) is 0. The molecule has 1 aromatic carbocycles. The van der Waals surface area contributed by atoms with E-state index < -0.39 is 10.1 Å². The molecular formula is C19H32O3S. The quantitative estimate of drug-likeness (QED) is 0.404. The first kappa shape index (κ1) is 20.2. The van der Waals surface area contributed by atoms with Crippen molar-refractivity contribution in [2.24, 2.45) is 0 Å². The lowest BCUT2D eigenvalue weighted by molar-refractivity contribution is 0.470. The topological polar surface area (TPSA) is 54.4 Å². The Morgan fingerprint density at radius 2 is 1.43 bits per heavy atom. The molecule has 0 heterocycles. The number of hydrogen-bond acceptors (Lipinski definition) is 2. The highest BCUT2D eigenvalue weighted by Gasteiger charge is 2.18. The maximum Gasteiger partial charge on any atom is 0.265 e. The average Bonchev–Trinajstić information content (AvgIpc) is 2.48. The first-order valence-corrected chi connectivity index (χ1v) is 10.5. The van der Waals surface area contributed by atoms with Crippen LogP contribution in [0.2, 0.25) is 0 Å². The Balaban J connectivity index is 2.40. The highest BCUT2D eigenvalue weighted by molar-refractivity contribution is 7.85. The van der Waals surface area contributed by atoms with Crippen molar-refractivity contribution in [3.63, 3.8) is 0 Å². The van der Waals surface area contributed by atoms with E-state index in [-0.39, 0.29) is 11.7 Å². The molecule has 1 aromatic rings. The SMILES string of the molecule is CCCCCCCCCCC(CS(=O)(=O)O)c1ccc(C)cc1. The smallest absolute Gasteiger partial charge is 0.265 e. The van der Waals surface area contributed by atoms with E-state index in [1.807, 2.05) is 31.2 Å². The summed E-state index contributed by atoms with van der Waals surface area (Å²) in [6.07, 6.45) is 10.7. The zero-order chi connectivity index (χ0) is 17.1. The zero-order valence-electron chi connectivity index (χ0n) is 14.6. The summed E-state index contributed by atoms with van der Waals surface area (Å²) in [5, 5.41) is 0. The number of rotatable bonds is 12. The third-order valence-corrected chi connectivity index (χ3v) is 5.19. The van der Waals surface area contributed by atoms with Crippen molar-refractivity contribution in [1.82, 2.24) is 0 Å². The van der Waals surface area contributed by atoms with Gasteiger partial charge in [0.1, 0.15) is 0 Å². The number of unbranched alkanes of at least 4 members (excludes halogenated alkanes) is 7. The van der Waals surface area contributed by atoms with E-state index in [0.29, 0.717) is 0 Å². The van der Waals surface area contributed by atoms with Gasteiger partial charge in [0, 0.05) is 5.92 Å². The molecule has 0 aliphatic rings. The Morgan fingerprint density at radius 3 is 1.96 bits per heavy atom. The van der Waals surface area contributed by atoms with Crippen LogP contribution in [0, 0.1) is 6.92 Å². The molecule has 1 rings (SSSR count). The van der Waals surface area contributed by atoms with Crippen LogP contribution in [0.4, 0.5) is 0 Å². The molecule has 132 valence electrons. The fourth-order valence-corrected chi connectivity index (χ4v) is 3.83. The summed E-state index contributed by atoms with van der Waals surface area (Å²) >= 11 is 0. The largest absolute Gasteiger partial charge is 0.286 e. The van der Waals surface area contributed by atoms with Gasteiger partial charge in [0.25, 0.3) is 10.1 Å². The fourth-order valence-electron chi connectivity index (χ4n) is 2.96. The van der Waals surface area contributed by atoms with Gasteiger partial charge in [0.05, 0.1) is 5.75 Å². The minimum atomic E-state index is -3.94. The molecule has 3 nitrogen and oxygen atoms in total. The highest BCUT2D eigenvalue weighted by atomic mass is 32.2. The van der Waals surface area contributed by atoms with Crippen LogP contribution in [0.25, 0.3) is 0 Å². The van der Waals surface area contributed by atoms with E-state index in [4.69, 9.17) is 0 Å². The molecule has 1 N–H and O–H groups in total. The third-order valence-electron chi connectivity index (χ3n) is 4.37. The molecule has 0 aliphatic heterocycles. The van der Waals surface area contributed by atoms with Gasteiger partial charge in [-0.1, -0.05) is 88.1 Å². The molecule has 0 saturated carbocycles. The molecule has 0 spiro atoms. The molecule has 0 aliphatic carbocycles. The molecule has 0 bridgehead atoms. The second-order valence-electron chi connectivity index (χ2n) is 6.62. The average molecular weight is 341 g/mol. The molecule has 1 atom stereocenters. The molecule has 0 amide bonds. The molecule has 0 aromatic heterocycles. The Labute approximate surface area is 142 Å². The Kier molecular flexibility index (Phi) is 9.49. The summed E-state index contributed by atoms with van der Waals surface area (Å²) in [5.74, 6) is -0.280. The van der Waals surface area contributed by atoms with Gasteiger partial charge in [-0.2, -0.15) is 8.42 Å². The van der Waals surface area contributed by atoms with Crippen LogP contribution in [0.3, 0.4) is 0 Å². The normalized spacial score (nSPS) is 13.2. The van der Waals surface area contributed by atoms with Crippen molar-refractivity contribution in [3.8, 4) is 0 Å². The molecule has 23 heavy (non-hydrogen) atoms. The van der Waals surface area contributed by atoms with Crippen LogP contribution < -0.4 is 0 Å². The van der Waals surface area contributed by atoms with Gasteiger partial charge in [0.15, 0.2) is 0 Å². The molecule has 1 unspecified atom stereocenters. The second kappa shape index (κ2) is 10.8. The van der Waals surface area contributed by atoms with E-state index in [1.165, 1.54) is 38.5 Å². The van der Waals surface area contributed by atoms with Crippen molar-refractivity contribution in [1.29, 1.82) is 0 Å². The lowest BCUT2D eigenvalue weighted by atomic mass is 9.94. The van der Waals surface area contributed by atoms with Crippen LogP contribution in [0.5, 0.6) is 0 Å². The summed E-state index contributed by atoms with van der Waals surface area (Å²) in [7, 11) is -3.94. The number of aryl methyl sites for hydroxylation is 1. The summed E-state index contributed by atoms with van der Waals surface area (Å²) in [6, 6.07) is 7.96. The van der Waals surface area contributed by atoms with Crippen molar-refractivity contribution in [3.05, 3.63) is 35.4 Å².